The maximum Gasteiger partial charge on any atom is 0.357 e. The highest BCUT2D eigenvalue weighted by atomic mass is 35.5. The van der Waals surface area contributed by atoms with E-state index in [9.17, 15) is 14.7 Å². The van der Waals surface area contributed by atoms with Gasteiger partial charge in [0.05, 0.1) is 24.9 Å². The van der Waals surface area contributed by atoms with Crippen molar-refractivity contribution in [1.29, 1.82) is 0 Å². The first kappa shape index (κ1) is 18.5. The summed E-state index contributed by atoms with van der Waals surface area (Å²) in [5.74, 6) is -1.62. The van der Waals surface area contributed by atoms with Crippen molar-refractivity contribution in [3.8, 4) is 22.7 Å². The summed E-state index contributed by atoms with van der Waals surface area (Å²) in [6, 6.07) is 13.0. The van der Waals surface area contributed by atoms with Crippen molar-refractivity contribution in [3.05, 3.63) is 64.8 Å². The van der Waals surface area contributed by atoms with Gasteiger partial charge in [-0.1, -0.05) is 29.8 Å². The molecule has 0 spiro atoms. The quantitative estimate of drug-likeness (QED) is 0.690. The molecule has 27 heavy (non-hydrogen) atoms. The van der Waals surface area contributed by atoms with E-state index >= 15 is 0 Å². The molecule has 138 valence electrons. The Morgan fingerprint density at radius 3 is 2.33 bits per heavy atom. The van der Waals surface area contributed by atoms with Crippen LogP contribution in [0, 0.1) is 0 Å². The van der Waals surface area contributed by atoms with E-state index in [1.165, 1.54) is 37.1 Å². The van der Waals surface area contributed by atoms with E-state index in [-0.39, 0.29) is 33.3 Å². The molecule has 0 aliphatic rings. The van der Waals surface area contributed by atoms with Crippen molar-refractivity contribution in [1.82, 2.24) is 9.78 Å². The van der Waals surface area contributed by atoms with Crippen LogP contribution < -0.4 is 0 Å². The number of aromatic hydroxyl groups is 1. The lowest BCUT2D eigenvalue weighted by Gasteiger charge is -2.07. The Morgan fingerprint density at radius 2 is 1.70 bits per heavy atom. The van der Waals surface area contributed by atoms with Crippen LogP contribution >= 0.6 is 11.6 Å². The van der Waals surface area contributed by atoms with Gasteiger partial charge in [-0.15, -0.1) is 0 Å². The fourth-order valence-corrected chi connectivity index (χ4v) is 2.85. The number of phenols is 1. The molecule has 1 N–H and O–H groups in total. The molecule has 7 nitrogen and oxygen atoms in total. The van der Waals surface area contributed by atoms with E-state index in [1.54, 1.807) is 30.3 Å². The minimum absolute atomic E-state index is 0.0703. The summed E-state index contributed by atoms with van der Waals surface area (Å²) < 4.78 is 11.0. The van der Waals surface area contributed by atoms with Crippen molar-refractivity contribution in [2.24, 2.45) is 0 Å². The van der Waals surface area contributed by atoms with Crippen LogP contribution in [0.15, 0.2) is 48.5 Å². The van der Waals surface area contributed by atoms with E-state index in [0.29, 0.717) is 5.69 Å². The van der Waals surface area contributed by atoms with Crippen molar-refractivity contribution in [2.75, 3.05) is 14.2 Å². The van der Waals surface area contributed by atoms with E-state index in [4.69, 9.17) is 21.1 Å². The Balaban J connectivity index is 2.40. The molecule has 0 fully saturated rings. The highest BCUT2D eigenvalue weighted by Gasteiger charge is 2.32. The molecule has 1 heterocycles. The second-order valence-corrected chi connectivity index (χ2v) is 5.87. The molecule has 1 aromatic heterocycles. The number of aromatic nitrogens is 2. The molecule has 3 rings (SSSR count). The molecule has 3 aromatic rings. The topological polar surface area (TPSA) is 90.6 Å². The molecule has 0 aliphatic heterocycles. The monoisotopic (exact) mass is 386 g/mol. The minimum Gasteiger partial charge on any atom is -0.508 e. The number of phenolic OH excluding ortho intramolecular Hbond substituents is 1. The summed E-state index contributed by atoms with van der Waals surface area (Å²) in [6.45, 7) is 0. The lowest BCUT2D eigenvalue weighted by atomic mass is 10.1. The van der Waals surface area contributed by atoms with Gasteiger partial charge in [0.25, 0.3) is 0 Å². The molecule has 0 aliphatic carbocycles. The van der Waals surface area contributed by atoms with E-state index < -0.39 is 11.9 Å². The fourth-order valence-electron chi connectivity index (χ4n) is 2.64. The fraction of sp³-hybridized carbons (Fsp3) is 0.105. The third-order valence-corrected chi connectivity index (χ3v) is 4.19. The van der Waals surface area contributed by atoms with Gasteiger partial charge in [-0.05, 0) is 30.3 Å². The lowest BCUT2D eigenvalue weighted by molar-refractivity contribution is 0.0549. The summed E-state index contributed by atoms with van der Waals surface area (Å²) in [5.41, 5.74) is 0.681. The number of benzene rings is 2. The SMILES string of the molecule is COC(=O)c1c(-c2cc(O)ccc2Cl)nn(-c2ccccc2)c1C(=O)OC. The van der Waals surface area contributed by atoms with E-state index in [2.05, 4.69) is 5.10 Å². The van der Waals surface area contributed by atoms with Crippen LogP contribution in [-0.4, -0.2) is 41.0 Å². The van der Waals surface area contributed by atoms with Crippen LogP contribution in [0.25, 0.3) is 16.9 Å². The molecule has 0 saturated carbocycles. The maximum absolute atomic E-state index is 12.5. The van der Waals surface area contributed by atoms with Gasteiger partial charge in [0.2, 0.25) is 0 Å². The van der Waals surface area contributed by atoms with Crippen LogP contribution in [0.4, 0.5) is 0 Å². The van der Waals surface area contributed by atoms with Crippen LogP contribution in [0.1, 0.15) is 20.8 Å². The van der Waals surface area contributed by atoms with Crippen molar-refractivity contribution in [2.45, 2.75) is 0 Å². The molecule has 8 heteroatoms. The largest absolute Gasteiger partial charge is 0.508 e. The number of rotatable bonds is 4. The first-order chi connectivity index (χ1) is 13.0. The van der Waals surface area contributed by atoms with E-state index in [0.717, 1.165) is 0 Å². The van der Waals surface area contributed by atoms with Crippen LogP contribution in [0.2, 0.25) is 5.02 Å². The Hall–Kier alpha value is -3.32. The standard InChI is InChI=1S/C19H15ClN2O5/c1-26-18(24)15-16(13-10-12(23)8-9-14(13)20)21-22(17(15)19(25)27-2)11-6-4-3-5-7-11/h3-10,23H,1-2H3. The summed E-state index contributed by atoms with van der Waals surface area (Å²) in [6.07, 6.45) is 0. The number of halogens is 1. The summed E-state index contributed by atoms with van der Waals surface area (Å²) >= 11 is 6.24. The van der Waals surface area contributed by atoms with Crippen LogP contribution in [-0.2, 0) is 9.47 Å². The Kier molecular flexibility index (Phi) is 5.14. The second-order valence-electron chi connectivity index (χ2n) is 5.47. The van der Waals surface area contributed by atoms with Gasteiger partial charge < -0.3 is 14.6 Å². The predicted octanol–water partition coefficient (Wildman–Crippen LogP) is 3.47. The highest BCUT2D eigenvalue weighted by Crippen LogP contribution is 2.35. The molecule has 0 amide bonds. The number of nitrogens with zero attached hydrogens (tertiary/aromatic N) is 2. The van der Waals surface area contributed by atoms with E-state index in [1.807, 2.05) is 0 Å². The highest BCUT2D eigenvalue weighted by molar-refractivity contribution is 6.33. The van der Waals surface area contributed by atoms with Gasteiger partial charge in [-0.2, -0.15) is 5.10 Å². The second kappa shape index (κ2) is 7.51. The number of esters is 2. The Bertz CT molecular complexity index is 1010. The zero-order valence-corrected chi connectivity index (χ0v) is 15.2. The Morgan fingerprint density at radius 1 is 1.04 bits per heavy atom. The minimum atomic E-state index is -0.785. The van der Waals surface area contributed by atoms with Gasteiger partial charge in [-0.25, -0.2) is 14.3 Å². The lowest BCUT2D eigenvalue weighted by Crippen LogP contribution is -2.15. The summed E-state index contributed by atoms with van der Waals surface area (Å²) in [4.78, 5) is 25.0. The van der Waals surface area contributed by atoms with Gasteiger partial charge in [0, 0.05) is 5.56 Å². The van der Waals surface area contributed by atoms with Crippen molar-refractivity contribution >= 4 is 23.5 Å². The van der Waals surface area contributed by atoms with Crippen LogP contribution in [0.3, 0.4) is 0 Å². The molecule has 0 bridgehead atoms. The third kappa shape index (κ3) is 3.37. The first-order valence-corrected chi connectivity index (χ1v) is 8.19. The van der Waals surface area contributed by atoms with Crippen molar-refractivity contribution in [3.63, 3.8) is 0 Å². The number of ether oxygens (including phenoxy) is 2. The third-order valence-electron chi connectivity index (χ3n) is 3.86. The number of para-hydroxylation sites is 1. The van der Waals surface area contributed by atoms with Gasteiger partial charge in [0.1, 0.15) is 17.0 Å². The number of hydrogen-bond donors (Lipinski definition) is 1. The van der Waals surface area contributed by atoms with Crippen molar-refractivity contribution < 1.29 is 24.2 Å². The van der Waals surface area contributed by atoms with Crippen LogP contribution in [0.5, 0.6) is 5.75 Å². The normalized spacial score (nSPS) is 10.5. The zero-order valence-electron chi connectivity index (χ0n) is 14.5. The predicted molar refractivity (Wildman–Crippen MR) is 98.4 cm³/mol. The smallest absolute Gasteiger partial charge is 0.357 e. The summed E-state index contributed by atoms with van der Waals surface area (Å²) in [5, 5.41) is 14.5. The number of methoxy groups -OCH3 is 2. The molecule has 0 unspecified atom stereocenters. The molecule has 0 radical (unpaired) electrons. The van der Waals surface area contributed by atoms with Gasteiger partial charge in [0.15, 0.2) is 5.69 Å². The van der Waals surface area contributed by atoms with Gasteiger partial charge in [-0.3, -0.25) is 0 Å². The number of carbonyl (C=O) groups is 2. The average Bonchev–Trinajstić information content (AvgIpc) is 3.09. The molecular formula is C19H15ClN2O5. The average molecular weight is 387 g/mol. The molecular weight excluding hydrogens is 372 g/mol. The first-order valence-electron chi connectivity index (χ1n) is 7.82. The molecule has 0 saturated heterocycles. The Labute approximate surface area is 159 Å². The number of carbonyl (C=O) groups excluding carboxylic acids is 2. The molecule has 0 atom stereocenters. The zero-order chi connectivity index (χ0) is 19.6. The number of hydrogen-bond acceptors (Lipinski definition) is 6. The van der Waals surface area contributed by atoms with Gasteiger partial charge >= 0.3 is 11.9 Å². The maximum atomic E-state index is 12.5. The summed E-state index contributed by atoms with van der Waals surface area (Å²) in [7, 11) is 2.39. The molecule has 2 aromatic carbocycles.